The van der Waals surface area contributed by atoms with E-state index in [0.29, 0.717) is 25.0 Å². The number of aliphatic hydroxyl groups excluding tert-OH is 1. The Kier molecular flexibility index (Phi) is 6.03. The molecular weight excluding hydrogens is 280 g/mol. The third kappa shape index (κ3) is 3.90. The molecule has 2 rings (SSSR count). The molecule has 0 spiro atoms. The highest BCUT2D eigenvalue weighted by Gasteiger charge is 2.25. The average Bonchev–Trinajstić information content (AvgIpc) is 2.51. The first-order valence-corrected chi connectivity index (χ1v) is 8.34. The zero-order valence-corrected chi connectivity index (χ0v) is 13.7. The minimum Gasteiger partial charge on any atom is -0.503 e. The van der Waals surface area contributed by atoms with Crippen LogP contribution in [0.2, 0.25) is 0 Å². The van der Waals surface area contributed by atoms with Crippen LogP contribution in [0.5, 0.6) is 5.75 Å². The monoisotopic (exact) mass is 308 g/mol. The first-order valence-electron chi connectivity index (χ1n) is 8.34. The second kappa shape index (κ2) is 7.79. The summed E-state index contributed by atoms with van der Waals surface area (Å²) in [5, 5.41) is 19.0. The first kappa shape index (κ1) is 17.0. The van der Waals surface area contributed by atoms with Gasteiger partial charge in [0, 0.05) is 30.9 Å². The zero-order chi connectivity index (χ0) is 16.1. The fourth-order valence-electron chi connectivity index (χ4n) is 3.44. The van der Waals surface area contributed by atoms with Crippen LogP contribution in [-0.2, 0) is 6.54 Å². The number of rotatable bonds is 6. The van der Waals surface area contributed by atoms with Crippen LogP contribution >= 0.6 is 0 Å². The van der Waals surface area contributed by atoms with E-state index in [0.717, 1.165) is 18.7 Å². The Labute approximate surface area is 132 Å². The van der Waals surface area contributed by atoms with E-state index in [1.165, 1.54) is 19.3 Å². The van der Waals surface area contributed by atoms with Crippen LogP contribution in [0, 0.1) is 5.92 Å². The van der Waals surface area contributed by atoms with Crippen molar-refractivity contribution in [3.8, 4) is 5.75 Å². The summed E-state index contributed by atoms with van der Waals surface area (Å²) in [4.78, 5) is 14.0. The molecule has 1 fully saturated rings. The van der Waals surface area contributed by atoms with Gasteiger partial charge in [0.1, 0.15) is 0 Å². The summed E-state index contributed by atoms with van der Waals surface area (Å²) in [7, 11) is 0. The first-order chi connectivity index (χ1) is 10.6. The molecule has 2 N–H and O–H groups in total. The maximum absolute atomic E-state index is 11.9. The van der Waals surface area contributed by atoms with Crippen LogP contribution in [0.25, 0.3) is 0 Å². The molecule has 1 aromatic rings. The fourth-order valence-corrected chi connectivity index (χ4v) is 3.44. The maximum atomic E-state index is 11.9. The van der Waals surface area contributed by atoms with Crippen LogP contribution in [0.15, 0.2) is 17.1 Å². The van der Waals surface area contributed by atoms with Crippen molar-refractivity contribution in [2.45, 2.75) is 52.1 Å². The van der Waals surface area contributed by atoms with Gasteiger partial charge in [0.25, 0.3) is 0 Å². The van der Waals surface area contributed by atoms with E-state index < -0.39 is 0 Å². The standard InChI is InChI=1S/C17H28N2O3/c1-3-18(8-9-20)11-14-10-16(21)17(22)12-19(14)15-7-5-4-6-13(15)2/h10,12-13,15,20,22H,3-9,11H2,1-2H3. The van der Waals surface area contributed by atoms with Crippen molar-refractivity contribution in [2.75, 3.05) is 19.7 Å². The molecule has 1 heterocycles. The number of likely N-dealkylation sites (N-methyl/N-ethyl adjacent to an activating group) is 1. The Morgan fingerprint density at radius 1 is 1.36 bits per heavy atom. The Bertz CT molecular complexity index is 541. The molecule has 2 unspecified atom stereocenters. The average molecular weight is 308 g/mol. The second-order valence-corrected chi connectivity index (χ2v) is 6.34. The molecule has 124 valence electrons. The van der Waals surface area contributed by atoms with E-state index in [-0.39, 0.29) is 17.8 Å². The summed E-state index contributed by atoms with van der Waals surface area (Å²) >= 11 is 0. The lowest BCUT2D eigenvalue weighted by molar-refractivity contribution is 0.186. The summed E-state index contributed by atoms with van der Waals surface area (Å²) in [6.07, 6.45) is 6.32. The highest BCUT2D eigenvalue weighted by atomic mass is 16.3. The number of nitrogens with zero attached hydrogens (tertiary/aromatic N) is 2. The third-order valence-electron chi connectivity index (χ3n) is 4.82. The summed E-state index contributed by atoms with van der Waals surface area (Å²) in [5.41, 5.74) is 0.603. The molecule has 5 heteroatoms. The predicted molar refractivity (Wildman–Crippen MR) is 87.1 cm³/mol. The summed E-state index contributed by atoms with van der Waals surface area (Å²) in [6.45, 7) is 6.42. The molecule has 0 saturated heterocycles. The molecule has 0 radical (unpaired) electrons. The highest BCUT2D eigenvalue weighted by Crippen LogP contribution is 2.34. The van der Waals surface area contributed by atoms with Crippen molar-refractivity contribution in [3.05, 3.63) is 28.2 Å². The van der Waals surface area contributed by atoms with Crippen LogP contribution in [-0.4, -0.2) is 39.4 Å². The Morgan fingerprint density at radius 2 is 2.09 bits per heavy atom. The number of aromatic nitrogens is 1. The minimum atomic E-state index is -0.324. The van der Waals surface area contributed by atoms with E-state index in [1.807, 2.05) is 6.92 Å². The largest absolute Gasteiger partial charge is 0.503 e. The third-order valence-corrected chi connectivity index (χ3v) is 4.82. The molecule has 5 nitrogen and oxygen atoms in total. The van der Waals surface area contributed by atoms with Crippen LogP contribution in [0.3, 0.4) is 0 Å². The molecular formula is C17H28N2O3. The summed E-state index contributed by atoms with van der Waals surface area (Å²) in [5.74, 6) is 0.369. The second-order valence-electron chi connectivity index (χ2n) is 6.34. The van der Waals surface area contributed by atoms with Crippen molar-refractivity contribution < 1.29 is 10.2 Å². The molecule has 0 aliphatic heterocycles. The Morgan fingerprint density at radius 3 is 2.73 bits per heavy atom. The number of hydrogen-bond donors (Lipinski definition) is 2. The van der Waals surface area contributed by atoms with Crippen LogP contribution < -0.4 is 5.43 Å². The topological polar surface area (TPSA) is 65.7 Å². The summed E-state index contributed by atoms with van der Waals surface area (Å²) < 4.78 is 2.10. The van der Waals surface area contributed by atoms with Gasteiger partial charge in [-0.1, -0.05) is 26.7 Å². The van der Waals surface area contributed by atoms with Crippen molar-refractivity contribution in [1.82, 2.24) is 9.47 Å². The lowest BCUT2D eigenvalue weighted by atomic mass is 9.85. The maximum Gasteiger partial charge on any atom is 0.223 e. The predicted octanol–water partition coefficient (Wildman–Crippen LogP) is 2.12. The number of pyridine rings is 1. The number of hydrogen-bond acceptors (Lipinski definition) is 4. The van der Waals surface area contributed by atoms with Crippen LogP contribution in [0.1, 0.15) is 51.3 Å². The molecule has 22 heavy (non-hydrogen) atoms. The van der Waals surface area contributed by atoms with Gasteiger partial charge in [0.15, 0.2) is 5.75 Å². The minimum absolute atomic E-state index is 0.107. The van der Waals surface area contributed by atoms with E-state index in [4.69, 9.17) is 5.11 Å². The molecule has 1 saturated carbocycles. The lowest BCUT2D eigenvalue weighted by Gasteiger charge is -2.34. The lowest BCUT2D eigenvalue weighted by Crippen LogP contribution is -2.31. The molecule has 0 bridgehead atoms. The van der Waals surface area contributed by atoms with Gasteiger partial charge < -0.3 is 14.8 Å². The van der Waals surface area contributed by atoms with Gasteiger partial charge in [-0.3, -0.25) is 9.69 Å². The Hall–Kier alpha value is -1.33. The molecule has 1 aromatic heterocycles. The van der Waals surface area contributed by atoms with Gasteiger partial charge in [-0.05, 0) is 25.3 Å². The zero-order valence-electron chi connectivity index (χ0n) is 13.7. The normalized spacial score (nSPS) is 22.2. The van der Waals surface area contributed by atoms with Crippen molar-refractivity contribution >= 4 is 0 Å². The van der Waals surface area contributed by atoms with Crippen LogP contribution in [0.4, 0.5) is 0 Å². The van der Waals surface area contributed by atoms with Gasteiger partial charge in [-0.25, -0.2) is 0 Å². The number of aromatic hydroxyl groups is 1. The van der Waals surface area contributed by atoms with E-state index in [9.17, 15) is 9.90 Å². The van der Waals surface area contributed by atoms with Gasteiger partial charge in [0.05, 0.1) is 12.8 Å². The van der Waals surface area contributed by atoms with E-state index >= 15 is 0 Å². The van der Waals surface area contributed by atoms with Gasteiger partial charge in [-0.2, -0.15) is 0 Å². The molecule has 0 aromatic carbocycles. The summed E-state index contributed by atoms with van der Waals surface area (Å²) in [6, 6.07) is 1.89. The quantitative estimate of drug-likeness (QED) is 0.845. The van der Waals surface area contributed by atoms with E-state index in [2.05, 4.69) is 16.4 Å². The molecule has 0 amide bonds. The van der Waals surface area contributed by atoms with Gasteiger partial charge in [-0.15, -0.1) is 0 Å². The molecule has 1 aliphatic rings. The Balaban J connectivity index is 2.34. The van der Waals surface area contributed by atoms with Gasteiger partial charge in [0.2, 0.25) is 5.43 Å². The SMILES string of the molecule is CCN(CCO)Cc1cc(=O)c(O)cn1C1CCCCC1C. The van der Waals surface area contributed by atoms with Crippen molar-refractivity contribution in [3.63, 3.8) is 0 Å². The molecule has 1 aliphatic carbocycles. The van der Waals surface area contributed by atoms with E-state index in [1.54, 1.807) is 12.3 Å². The smallest absolute Gasteiger partial charge is 0.223 e. The van der Waals surface area contributed by atoms with Crippen molar-refractivity contribution in [2.24, 2.45) is 5.92 Å². The fraction of sp³-hybridized carbons (Fsp3) is 0.706. The molecule has 2 atom stereocenters. The van der Waals surface area contributed by atoms with Gasteiger partial charge >= 0.3 is 0 Å². The number of aliphatic hydroxyl groups is 1. The van der Waals surface area contributed by atoms with Crippen molar-refractivity contribution in [1.29, 1.82) is 0 Å². The highest BCUT2D eigenvalue weighted by molar-refractivity contribution is 5.21.